The van der Waals surface area contributed by atoms with E-state index in [1.54, 1.807) is 0 Å². The van der Waals surface area contributed by atoms with Crippen molar-refractivity contribution in [1.82, 2.24) is 4.98 Å². The molecule has 0 amide bonds. The van der Waals surface area contributed by atoms with Gasteiger partial charge < -0.3 is 4.42 Å². The maximum absolute atomic E-state index is 6.34. The summed E-state index contributed by atoms with van der Waals surface area (Å²) in [6, 6.07) is 13.3. The summed E-state index contributed by atoms with van der Waals surface area (Å²) in [5.74, 6) is 0.650. The van der Waals surface area contributed by atoms with Crippen LogP contribution in [0, 0.1) is 19.3 Å². The van der Waals surface area contributed by atoms with E-state index in [9.17, 15) is 0 Å². The van der Waals surface area contributed by atoms with Gasteiger partial charge in [0.25, 0.3) is 0 Å². The molecule has 1 aliphatic rings. The smallest absolute Gasteiger partial charge is 0.227 e. The van der Waals surface area contributed by atoms with Crippen molar-refractivity contribution in [3.63, 3.8) is 0 Å². The Balaban J connectivity index is 1.66. The summed E-state index contributed by atoms with van der Waals surface area (Å²) in [6.07, 6.45) is 7.37. The quantitative estimate of drug-likeness (QED) is 0.348. The molecule has 0 spiro atoms. The van der Waals surface area contributed by atoms with Gasteiger partial charge in [0.05, 0.1) is 5.56 Å². The van der Waals surface area contributed by atoms with Gasteiger partial charge in [-0.05, 0) is 74.1 Å². The highest BCUT2D eigenvalue weighted by Gasteiger charge is 2.29. The second kappa shape index (κ2) is 6.94. The molecule has 0 N–H and O–H groups in total. The molecule has 1 saturated carbocycles. The molecule has 154 valence electrons. The molecule has 0 unspecified atom stereocenters. The summed E-state index contributed by atoms with van der Waals surface area (Å²) in [5.41, 5.74) is 8.23. The normalized spacial score (nSPS) is 17.1. The van der Waals surface area contributed by atoms with Gasteiger partial charge in [-0.25, -0.2) is 9.55 Å². The largest absolute Gasteiger partial charge is 0.437 e. The van der Waals surface area contributed by atoms with Crippen LogP contribution in [0.5, 0.6) is 0 Å². The topological polar surface area (TPSA) is 29.9 Å². The van der Waals surface area contributed by atoms with Crippen LogP contribution >= 0.6 is 0 Å². The Kier molecular flexibility index (Phi) is 4.46. The molecule has 5 rings (SSSR count). The number of furan rings is 1. The highest BCUT2D eigenvalue weighted by Crippen LogP contribution is 2.43. The third-order valence-corrected chi connectivity index (χ3v) is 7.10. The van der Waals surface area contributed by atoms with E-state index in [4.69, 9.17) is 4.42 Å². The third-order valence-electron chi connectivity index (χ3n) is 7.10. The van der Waals surface area contributed by atoms with Crippen molar-refractivity contribution in [2.45, 2.75) is 59.3 Å². The lowest BCUT2D eigenvalue weighted by atomic mass is 9.71. The zero-order chi connectivity index (χ0) is 21.0. The first-order valence-corrected chi connectivity index (χ1v) is 11.1. The monoisotopic (exact) mass is 399 g/mol. The Bertz CT molecular complexity index is 1260. The Morgan fingerprint density at radius 1 is 1.00 bits per heavy atom. The second-order valence-corrected chi connectivity index (χ2v) is 9.94. The van der Waals surface area contributed by atoms with Crippen LogP contribution in [0.25, 0.3) is 33.3 Å². The van der Waals surface area contributed by atoms with Crippen molar-refractivity contribution in [3.8, 4) is 11.3 Å². The number of hydrogen-bond acceptors (Lipinski definition) is 2. The molecule has 0 aliphatic heterocycles. The fraction of sp³-hybridized carbons (Fsp3) is 0.407. The zero-order valence-electron chi connectivity index (χ0n) is 18.7. The van der Waals surface area contributed by atoms with Crippen molar-refractivity contribution >= 4 is 22.1 Å². The molecule has 1 aliphatic carbocycles. The van der Waals surface area contributed by atoms with Crippen molar-refractivity contribution in [2.75, 3.05) is 0 Å². The first-order chi connectivity index (χ1) is 14.3. The van der Waals surface area contributed by atoms with Crippen LogP contribution in [0.15, 0.2) is 47.0 Å². The number of benzene rings is 1. The minimum absolute atomic E-state index is 0.486. The SMILES string of the molecule is Cc1ccc2c(n1)oc1c(-c3cc(C4CCC(C)(C)CC4)cc[n+]3C)c(C)ccc12. The molecular weight excluding hydrogens is 368 g/mol. The standard InChI is InChI=1S/C27H31N2O/c1-17-6-8-21-22-9-7-18(2)28-26(22)30-25(21)24(17)23-16-20(12-15-29(23)5)19-10-13-27(3,4)14-11-19/h6-9,12,15-16,19H,10-11,13-14H2,1-5H3/q+1. The predicted molar refractivity (Wildman–Crippen MR) is 123 cm³/mol. The van der Waals surface area contributed by atoms with Gasteiger partial charge in [-0.2, -0.15) is 0 Å². The number of nitrogens with zero attached hydrogens (tertiary/aromatic N) is 2. The minimum atomic E-state index is 0.486. The lowest BCUT2D eigenvalue weighted by Gasteiger charge is -2.34. The summed E-state index contributed by atoms with van der Waals surface area (Å²) >= 11 is 0. The Labute approximate surface area is 178 Å². The van der Waals surface area contributed by atoms with E-state index in [2.05, 4.69) is 80.0 Å². The van der Waals surface area contributed by atoms with Gasteiger partial charge in [0.2, 0.25) is 11.4 Å². The number of fused-ring (bicyclic) bond motifs is 3. The van der Waals surface area contributed by atoms with E-state index < -0.39 is 0 Å². The predicted octanol–water partition coefficient (Wildman–Crippen LogP) is 6.77. The summed E-state index contributed by atoms with van der Waals surface area (Å²) in [6.45, 7) is 8.99. The van der Waals surface area contributed by atoms with E-state index in [1.165, 1.54) is 48.1 Å². The van der Waals surface area contributed by atoms with Gasteiger partial charge in [0, 0.05) is 28.6 Å². The van der Waals surface area contributed by atoms with Gasteiger partial charge in [-0.3, -0.25) is 0 Å². The Morgan fingerprint density at radius 2 is 1.73 bits per heavy atom. The molecule has 0 radical (unpaired) electrons. The van der Waals surface area contributed by atoms with E-state index >= 15 is 0 Å². The van der Waals surface area contributed by atoms with Crippen LogP contribution < -0.4 is 4.57 Å². The zero-order valence-corrected chi connectivity index (χ0v) is 18.7. The lowest BCUT2D eigenvalue weighted by Crippen LogP contribution is -2.31. The fourth-order valence-corrected chi connectivity index (χ4v) is 5.05. The maximum atomic E-state index is 6.34. The van der Waals surface area contributed by atoms with E-state index in [-0.39, 0.29) is 0 Å². The molecule has 0 bridgehead atoms. The lowest BCUT2D eigenvalue weighted by molar-refractivity contribution is -0.660. The molecule has 4 aromatic rings. The molecule has 0 atom stereocenters. The molecule has 3 heteroatoms. The summed E-state index contributed by atoms with van der Waals surface area (Å²) in [4.78, 5) is 4.63. The number of rotatable bonds is 2. The van der Waals surface area contributed by atoms with Gasteiger partial charge in [0.15, 0.2) is 11.8 Å². The average molecular weight is 400 g/mol. The molecule has 3 nitrogen and oxygen atoms in total. The van der Waals surface area contributed by atoms with Gasteiger partial charge in [-0.1, -0.05) is 26.0 Å². The Morgan fingerprint density at radius 3 is 2.50 bits per heavy atom. The van der Waals surface area contributed by atoms with Crippen molar-refractivity contribution in [1.29, 1.82) is 0 Å². The van der Waals surface area contributed by atoms with Crippen LogP contribution in [0.2, 0.25) is 0 Å². The minimum Gasteiger partial charge on any atom is -0.437 e. The molecule has 3 aromatic heterocycles. The van der Waals surface area contributed by atoms with Crippen molar-refractivity contribution in [3.05, 3.63) is 59.4 Å². The first-order valence-electron chi connectivity index (χ1n) is 11.1. The number of hydrogen-bond donors (Lipinski definition) is 0. The van der Waals surface area contributed by atoms with E-state index in [0.29, 0.717) is 11.3 Å². The fourth-order valence-electron chi connectivity index (χ4n) is 5.05. The van der Waals surface area contributed by atoms with Crippen LogP contribution in [0.4, 0.5) is 0 Å². The number of aromatic nitrogens is 2. The highest BCUT2D eigenvalue weighted by atomic mass is 16.3. The molecular formula is C27H31N2O+. The van der Waals surface area contributed by atoms with Crippen LogP contribution in [-0.4, -0.2) is 4.98 Å². The van der Waals surface area contributed by atoms with Crippen LogP contribution in [0.3, 0.4) is 0 Å². The van der Waals surface area contributed by atoms with E-state index in [0.717, 1.165) is 27.8 Å². The summed E-state index contributed by atoms with van der Waals surface area (Å²) in [7, 11) is 2.13. The van der Waals surface area contributed by atoms with Crippen molar-refractivity contribution in [2.24, 2.45) is 12.5 Å². The molecule has 1 fully saturated rings. The highest BCUT2D eigenvalue weighted by molar-refractivity contribution is 6.08. The van der Waals surface area contributed by atoms with Gasteiger partial charge in [0.1, 0.15) is 7.05 Å². The van der Waals surface area contributed by atoms with Gasteiger partial charge in [-0.15, -0.1) is 0 Å². The maximum Gasteiger partial charge on any atom is 0.227 e. The number of pyridine rings is 2. The van der Waals surface area contributed by atoms with E-state index in [1.807, 2.05) is 6.92 Å². The second-order valence-electron chi connectivity index (χ2n) is 9.94. The van der Waals surface area contributed by atoms with Crippen LogP contribution in [0.1, 0.15) is 62.3 Å². The number of aryl methyl sites for hydroxylation is 3. The summed E-state index contributed by atoms with van der Waals surface area (Å²) in [5, 5.41) is 2.23. The molecule has 30 heavy (non-hydrogen) atoms. The van der Waals surface area contributed by atoms with Crippen molar-refractivity contribution < 1.29 is 8.98 Å². The Hall–Kier alpha value is -2.68. The third kappa shape index (κ3) is 3.21. The van der Waals surface area contributed by atoms with Gasteiger partial charge >= 0.3 is 0 Å². The first kappa shape index (κ1) is 19.3. The molecule has 0 saturated heterocycles. The molecule has 3 heterocycles. The molecule has 1 aromatic carbocycles. The van der Waals surface area contributed by atoms with Crippen LogP contribution in [-0.2, 0) is 7.05 Å². The summed E-state index contributed by atoms with van der Waals surface area (Å²) < 4.78 is 8.57. The average Bonchev–Trinajstić information content (AvgIpc) is 3.06.